The highest BCUT2D eigenvalue weighted by atomic mass is 16.3. The summed E-state index contributed by atoms with van der Waals surface area (Å²) in [7, 11) is 0. The highest BCUT2D eigenvalue weighted by Crippen LogP contribution is 2.77. The van der Waals surface area contributed by atoms with Crippen molar-refractivity contribution in [3.63, 3.8) is 0 Å². The summed E-state index contributed by atoms with van der Waals surface area (Å²) in [6.07, 6.45) is 13.4. The van der Waals surface area contributed by atoms with Crippen LogP contribution in [-0.2, 0) is 0 Å². The number of aliphatic hydroxyl groups excluding tert-OH is 1. The minimum Gasteiger partial charge on any atom is -0.393 e. The molecule has 0 saturated heterocycles. The lowest BCUT2D eigenvalue weighted by Crippen LogP contribution is -2.66. The molecule has 0 aromatic carbocycles. The Kier molecular flexibility index (Phi) is 4.82. The Morgan fingerprint density at radius 1 is 0.742 bits per heavy atom. The van der Waals surface area contributed by atoms with Crippen LogP contribution in [0, 0.1) is 56.7 Å². The van der Waals surface area contributed by atoms with E-state index in [1.165, 1.54) is 63.4 Å². The van der Waals surface area contributed by atoms with E-state index >= 15 is 0 Å². The van der Waals surface area contributed by atoms with Gasteiger partial charge in [-0.1, -0.05) is 53.7 Å². The zero-order chi connectivity index (χ0) is 22.6. The second-order valence-electron chi connectivity index (χ2n) is 14.7. The second-order valence-corrected chi connectivity index (χ2v) is 14.7. The Labute approximate surface area is 192 Å². The smallest absolute Gasteiger partial charge is 0.0594 e. The third-order valence-corrected chi connectivity index (χ3v) is 13.5. The maximum atomic E-state index is 10.9. The van der Waals surface area contributed by atoms with Gasteiger partial charge in [0.05, 0.1) is 6.10 Å². The van der Waals surface area contributed by atoms with E-state index in [2.05, 4.69) is 55.0 Å². The van der Waals surface area contributed by atoms with Crippen molar-refractivity contribution in [3.8, 4) is 0 Å². The standard InChI is InChI=1S/C30H50O/c1-19(2)20-11-14-27(5)17-18-29(7)21(25(20)27)9-10-23-28(6)15-13-24(31)26(3,4)22(28)12-16-30(23,29)8/h20-25,31H,1,9-18H2,2-8H3/t20-,21-,22-,23-,24+,25+,27-,28-,29+,30+/m1/s1. The van der Waals surface area contributed by atoms with E-state index in [4.69, 9.17) is 0 Å². The van der Waals surface area contributed by atoms with Crippen molar-refractivity contribution in [3.05, 3.63) is 12.2 Å². The first-order chi connectivity index (χ1) is 14.3. The molecule has 0 aromatic heterocycles. The fourth-order valence-corrected chi connectivity index (χ4v) is 11.5. The molecule has 1 nitrogen and oxygen atoms in total. The van der Waals surface area contributed by atoms with Crippen LogP contribution in [0.2, 0.25) is 0 Å². The SMILES string of the molecule is C=C(C)[C@H]1CC[C@]2(C)CC[C@@]3(C)[C@H](CC[C@@H]4[C@]5(C)CC[C@H](O)C(C)(C)[C@H]5CC[C@@]43C)[C@H]12. The van der Waals surface area contributed by atoms with Gasteiger partial charge < -0.3 is 5.11 Å². The molecule has 0 amide bonds. The van der Waals surface area contributed by atoms with Gasteiger partial charge in [0.1, 0.15) is 0 Å². The number of hydrogen-bond donors (Lipinski definition) is 1. The summed E-state index contributed by atoms with van der Waals surface area (Å²) >= 11 is 0. The lowest BCUT2D eigenvalue weighted by atomic mass is 9.32. The maximum Gasteiger partial charge on any atom is 0.0594 e. The zero-order valence-corrected chi connectivity index (χ0v) is 21.7. The molecule has 1 heteroatoms. The van der Waals surface area contributed by atoms with Gasteiger partial charge in [-0.15, -0.1) is 0 Å². The molecule has 0 aromatic rings. The monoisotopic (exact) mass is 426 g/mol. The van der Waals surface area contributed by atoms with Crippen molar-refractivity contribution >= 4 is 0 Å². The number of aliphatic hydroxyl groups is 1. The Balaban J connectivity index is 1.54. The van der Waals surface area contributed by atoms with Gasteiger partial charge in [0.15, 0.2) is 0 Å². The number of allylic oxidation sites excluding steroid dienone is 1. The molecular formula is C30H50O. The van der Waals surface area contributed by atoms with E-state index in [1.807, 2.05) is 0 Å². The quantitative estimate of drug-likeness (QED) is 0.421. The average molecular weight is 427 g/mol. The van der Waals surface area contributed by atoms with Crippen molar-refractivity contribution in [2.24, 2.45) is 56.7 Å². The third kappa shape index (κ3) is 2.65. The van der Waals surface area contributed by atoms with Crippen molar-refractivity contribution < 1.29 is 5.11 Å². The Morgan fingerprint density at radius 2 is 1.45 bits per heavy atom. The molecule has 176 valence electrons. The molecule has 0 radical (unpaired) electrons. The lowest BCUT2D eigenvalue weighted by Gasteiger charge is -2.73. The van der Waals surface area contributed by atoms with E-state index in [1.54, 1.807) is 0 Å². The Morgan fingerprint density at radius 3 is 2.13 bits per heavy atom. The summed E-state index contributed by atoms with van der Waals surface area (Å²) in [6, 6.07) is 0. The maximum absolute atomic E-state index is 10.9. The molecule has 1 N–H and O–H groups in total. The van der Waals surface area contributed by atoms with Crippen molar-refractivity contribution in [2.45, 2.75) is 119 Å². The van der Waals surface area contributed by atoms with Gasteiger partial charge in [-0.3, -0.25) is 0 Å². The molecule has 0 aliphatic heterocycles. The second kappa shape index (κ2) is 6.64. The molecule has 31 heavy (non-hydrogen) atoms. The molecule has 10 atom stereocenters. The van der Waals surface area contributed by atoms with Gasteiger partial charge in [0.25, 0.3) is 0 Å². The van der Waals surface area contributed by atoms with E-state index in [9.17, 15) is 5.11 Å². The molecule has 5 saturated carbocycles. The first-order valence-electron chi connectivity index (χ1n) is 13.6. The third-order valence-electron chi connectivity index (χ3n) is 13.5. The normalized spacial score (nSPS) is 57.9. The van der Waals surface area contributed by atoms with Crippen molar-refractivity contribution in [1.29, 1.82) is 0 Å². The van der Waals surface area contributed by atoms with Crippen LogP contribution in [-0.4, -0.2) is 11.2 Å². The Hall–Kier alpha value is -0.300. The summed E-state index contributed by atoms with van der Waals surface area (Å²) in [5, 5.41) is 10.9. The van der Waals surface area contributed by atoms with Crippen LogP contribution in [0.15, 0.2) is 12.2 Å². The largest absolute Gasteiger partial charge is 0.393 e. The first-order valence-corrected chi connectivity index (χ1v) is 13.6. The fourth-order valence-electron chi connectivity index (χ4n) is 11.5. The fraction of sp³-hybridized carbons (Fsp3) is 0.933. The van der Waals surface area contributed by atoms with Crippen molar-refractivity contribution in [2.75, 3.05) is 0 Å². The van der Waals surface area contributed by atoms with Crippen LogP contribution in [0.5, 0.6) is 0 Å². The molecule has 5 fully saturated rings. The number of rotatable bonds is 1. The number of fused-ring (bicyclic) bond motifs is 7. The summed E-state index contributed by atoms with van der Waals surface area (Å²) in [5.41, 5.74) is 3.38. The van der Waals surface area contributed by atoms with Crippen LogP contribution >= 0.6 is 0 Å². The number of hydrogen-bond acceptors (Lipinski definition) is 1. The van der Waals surface area contributed by atoms with Crippen LogP contribution in [0.1, 0.15) is 113 Å². The zero-order valence-electron chi connectivity index (χ0n) is 21.7. The molecule has 0 bridgehead atoms. The topological polar surface area (TPSA) is 20.2 Å². The van der Waals surface area contributed by atoms with Crippen LogP contribution in [0.4, 0.5) is 0 Å². The van der Waals surface area contributed by atoms with Crippen molar-refractivity contribution in [1.82, 2.24) is 0 Å². The summed E-state index contributed by atoms with van der Waals surface area (Å²) in [5.74, 6) is 3.98. The van der Waals surface area contributed by atoms with Gasteiger partial charge in [-0.2, -0.15) is 0 Å². The van der Waals surface area contributed by atoms with Gasteiger partial charge in [0.2, 0.25) is 0 Å². The van der Waals surface area contributed by atoms with Crippen LogP contribution in [0.3, 0.4) is 0 Å². The van der Waals surface area contributed by atoms with Crippen LogP contribution < -0.4 is 0 Å². The molecule has 5 aliphatic carbocycles. The molecule has 5 aliphatic rings. The minimum absolute atomic E-state index is 0.0632. The predicted molar refractivity (Wildman–Crippen MR) is 131 cm³/mol. The molecule has 0 heterocycles. The van der Waals surface area contributed by atoms with Gasteiger partial charge in [-0.25, -0.2) is 0 Å². The minimum atomic E-state index is -0.118. The predicted octanol–water partition coefficient (Wildman–Crippen LogP) is 8.02. The molecular weight excluding hydrogens is 376 g/mol. The van der Waals surface area contributed by atoms with E-state index in [0.29, 0.717) is 27.6 Å². The van der Waals surface area contributed by atoms with E-state index < -0.39 is 0 Å². The highest BCUT2D eigenvalue weighted by molar-refractivity contribution is 5.21. The average Bonchev–Trinajstić information content (AvgIpc) is 3.04. The Bertz CT molecular complexity index is 766. The van der Waals surface area contributed by atoms with E-state index in [0.717, 1.165) is 30.1 Å². The molecule has 0 spiro atoms. The van der Waals surface area contributed by atoms with E-state index in [-0.39, 0.29) is 11.5 Å². The lowest BCUT2D eigenvalue weighted by molar-refractivity contribution is -0.246. The summed E-state index contributed by atoms with van der Waals surface area (Å²) < 4.78 is 0. The molecule has 5 rings (SSSR count). The summed E-state index contributed by atoms with van der Waals surface area (Å²) in [6.45, 7) is 22.3. The van der Waals surface area contributed by atoms with Gasteiger partial charge in [-0.05, 0) is 128 Å². The van der Waals surface area contributed by atoms with Crippen LogP contribution in [0.25, 0.3) is 0 Å². The van der Waals surface area contributed by atoms with Gasteiger partial charge >= 0.3 is 0 Å². The molecule has 0 unspecified atom stereocenters. The highest BCUT2D eigenvalue weighted by Gasteiger charge is 2.70. The first kappa shape index (κ1) is 22.5. The summed E-state index contributed by atoms with van der Waals surface area (Å²) in [4.78, 5) is 0. The van der Waals surface area contributed by atoms with Gasteiger partial charge in [0, 0.05) is 0 Å².